The van der Waals surface area contributed by atoms with E-state index in [4.69, 9.17) is 4.74 Å². The summed E-state index contributed by atoms with van der Waals surface area (Å²) in [7, 11) is 1.45. The Morgan fingerprint density at radius 1 is 1.23 bits per heavy atom. The summed E-state index contributed by atoms with van der Waals surface area (Å²) >= 11 is 0. The number of fused-ring (bicyclic) bond motifs is 1. The predicted octanol–water partition coefficient (Wildman–Crippen LogP) is 5.35. The summed E-state index contributed by atoms with van der Waals surface area (Å²) in [5.41, 5.74) is 0.390. The SMILES string of the molecule is COc1ccc(F)cc1Nc1cc(C2CC2)c2c(C(F)(F)F)c[nH]c2n1. The van der Waals surface area contributed by atoms with E-state index in [0.717, 1.165) is 19.0 Å². The van der Waals surface area contributed by atoms with E-state index in [1.165, 1.54) is 25.3 Å². The van der Waals surface area contributed by atoms with Gasteiger partial charge in [-0.1, -0.05) is 0 Å². The van der Waals surface area contributed by atoms with E-state index in [1.807, 2.05) is 0 Å². The van der Waals surface area contributed by atoms with Gasteiger partial charge in [0, 0.05) is 17.6 Å². The molecule has 0 aliphatic heterocycles. The highest BCUT2D eigenvalue weighted by molar-refractivity contribution is 5.87. The normalized spacial score (nSPS) is 14.7. The molecule has 1 saturated carbocycles. The van der Waals surface area contributed by atoms with Crippen molar-refractivity contribution in [1.82, 2.24) is 9.97 Å². The van der Waals surface area contributed by atoms with E-state index in [9.17, 15) is 17.6 Å². The number of aromatic amines is 1. The van der Waals surface area contributed by atoms with E-state index in [0.29, 0.717) is 22.8 Å². The standard InChI is InChI=1S/C18H15F4N3O/c1-26-14-5-4-10(19)6-13(14)24-15-7-11(9-2-3-9)16-12(18(20,21)22)8-23-17(16)25-15/h4-9H,2-3H2,1H3,(H2,23,24,25). The van der Waals surface area contributed by atoms with Crippen LogP contribution in [0.1, 0.15) is 29.9 Å². The van der Waals surface area contributed by atoms with Crippen LogP contribution < -0.4 is 10.1 Å². The first kappa shape index (κ1) is 16.7. The molecular weight excluding hydrogens is 350 g/mol. The first-order chi connectivity index (χ1) is 12.4. The Morgan fingerprint density at radius 3 is 2.65 bits per heavy atom. The van der Waals surface area contributed by atoms with E-state index in [2.05, 4.69) is 15.3 Å². The molecular formula is C18H15F4N3O. The fourth-order valence-corrected chi connectivity index (χ4v) is 3.08. The molecule has 0 saturated heterocycles. The Bertz CT molecular complexity index is 976. The minimum atomic E-state index is -4.45. The minimum Gasteiger partial charge on any atom is -0.495 e. The molecule has 0 radical (unpaired) electrons. The molecule has 0 spiro atoms. The highest BCUT2D eigenvalue weighted by Gasteiger charge is 2.37. The number of nitrogens with one attached hydrogen (secondary N) is 2. The lowest BCUT2D eigenvalue weighted by atomic mass is 10.0. The van der Waals surface area contributed by atoms with Gasteiger partial charge in [0.25, 0.3) is 0 Å². The van der Waals surface area contributed by atoms with Crippen LogP contribution in [0, 0.1) is 5.82 Å². The van der Waals surface area contributed by atoms with E-state index >= 15 is 0 Å². The molecule has 8 heteroatoms. The maximum atomic E-state index is 13.5. The number of alkyl halides is 3. The van der Waals surface area contributed by atoms with Crippen LogP contribution in [-0.4, -0.2) is 17.1 Å². The Morgan fingerprint density at radius 2 is 2.00 bits per heavy atom. The van der Waals surface area contributed by atoms with Crippen molar-refractivity contribution in [1.29, 1.82) is 0 Å². The molecule has 0 bridgehead atoms. The van der Waals surface area contributed by atoms with Crippen molar-refractivity contribution >= 4 is 22.5 Å². The quantitative estimate of drug-likeness (QED) is 0.613. The summed E-state index contributed by atoms with van der Waals surface area (Å²) in [5, 5.41) is 3.06. The van der Waals surface area contributed by atoms with Crippen LogP contribution in [0.4, 0.5) is 29.1 Å². The number of anilines is 2. The van der Waals surface area contributed by atoms with Gasteiger partial charge in [0.05, 0.1) is 18.4 Å². The highest BCUT2D eigenvalue weighted by atomic mass is 19.4. The van der Waals surface area contributed by atoms with Crippen molar-refractivity contribution in [3.05, 3.63) is 47.4 Å². The number of rotatable bonds is 4. The van der Waals surface area contributed by atoms with Crippen LogP contribution >= 0.6 is 0 Å². The third-order valence-electron chi connectivity index (χ3n) is 4.42. The van der Waals surface area contributed by atoms with Crippen molar-refractivity contribution in [2.45, 2.75) is 24.9 Å². The monoisotopic (exact) mass is 365 g/mol. The van der Waals surface area contributed by atoms with E-state index < -0.39 is 17.6 Å². The number of hydrogen-bond donors (Lipinski definition) is 2. The number of benzene rings is 1. The van der Waals surface area contributed by atoms with Gasteiger partial charge in [0.1, 0.15) is 23.0 Å². The Labute approximate surface area is 146 Å². The third-order valence-corrected chi connectivity index (χ3v) is 4.42. The first-order valence-electron chi connectivity index (χ1n) is 8.06. The number of pyridine rings is 1. The van der Waals surface area contributed by atoms with Crippen molar-refractivity contribution in [3.63, 3.8) is 0 Å². The van der Waals surface area contributed by atoms with Crippen LogP contribution in [0.25, 0.3) is 11.0 Å². The zero-order chi connectivity index (χ0) is 18.5. The average molecular weight is 365 g/mol. The molecule has 1 aromatic carbocycles. The molecule has 0 atom stereocenters. The molecule has 2 heterocycles. The number of H-pyrrole nitrogens is 1. The average Bonchev–Trinajstić information content (AvgIpc) is 3.32. The van der Waals surface area contributed by atoms with Crippen LogP contribution in [-0.2, 0) is 6.18 Å². The molecule has 136 valence electrons. The molecule has 0 unspecified atom stereocenters. The molecule has 0 amide bonds. The summed E-state index contributed by atoms with van der Waals surface area (Å²) < 4.78 is 58.6. The number of aromatic nitrogens is 2. The maximum absolute atomic E-state index is 13.5. The van der Waals surface area contributed by atoms with Crippen molar-refractivity contribution in [2.75, 3.05) is 12.4 Å². The molecule has 4 nitrogen and oxygen atoms in total. The predicted molar refractivity (Wildman–Crippen MR) is 89.3 cm³/mol. The topological polar surface area (TPSA) is 49.9 Å². The zero-order valence-electron chi connectivity index (χ0n) is 13.7. The zero-order valence-corrected chi connectivity index (χ0v) is 13.7. The van der Waals surface area contributed by atoms with Gasteiger partial charge >= 0.3 is 6.18 Å². The lowest BCUT2D eigenvalue weighted by molar-refractivity contribution is -0.136. The number of halogens is 4. The van der Waals surface area contributed by atoms with Crippen molar-refractivity contribution in [3.8, 4) is 5.75 Å². The second kappa shape index (κ2) is 5.89. The van der Waals surface area contributed by atoms with Gasteiger partial charge in [-0.3, -0.25) is 0 Å². The Balaban J connectivity index is 1.82. The molecule has 3 aromatic rings. The van der Waals surface area contributed by atoms with Crippen molar-refractivity contribution < 1.29 is 22.3 Å². The van der Waals surface area contributed by atoms with Gasteiger partial charge in [0.2, 0.25) is 0 Å². The first-order valence-corrected chi connectivity index (χ1v) is 8.06. The number of nitrogens with zero attached hydrogens (tertiary/aromatic N) is 1. The van der Waals surface area contributed by atoms with Crippen LogP contribution in [0.3, 0.4) is 0 Å². The fraction of sp³-hybridized carbons (Fsp3) is 0.278. The summed E-state index contributed by atoms with van der Waals surface area (Å²) in [4.78, 5) is 6.84. The van der Waals surface area contributed by atoms with Gasteiger partial charge in [-0.2, -0.15) is 13.2 Å². The third kappa shape index (κ3) is 2.95. The van der Waals surface area contributed by atoms with Gasteiger partial charge in [-0.15, -0.1) is 0 Å². The molecule has 26 heavy (non-hydrogen) atoms. The lowest BCUT2D eigenvalue weighted by Crippen LogP contribution is -2.05. The smallest absolute Gasteiger partial charge is 0.418 e. The summed E-state index contributed by atoms with van der Waals surface area (Å²) in [6.45, 7) is 0. The van der Waals surface area contributed by atoms with Crippen LogP contribution in [0.5, 0.6) is 5.75 Å². The van der Waals surface area contributed by atoms with Gasteiger partial charge in [-0.25, -0.2) is 9.37 Å². The molecule has 2 N–H and O–H groups in total. The Hall–Kier alpha value is -2.77. The van der Waals surface area contributed by atoms with Crippen molar-refractivity contribution in [2.24, 2.45) is 0 Å². The fourth-order valence-electron chi connectivity index (χ4n) is 3.08. The second-order valence-corrected chi connectivity index (χ2v) is 6.26. The van der Waals surface area contributed by atoms with Crippen LogP contribution in [0.2, 0.25) is 0 Å². The van der Waals surface area contributed by atoms with Gasteiger partial charge in [-0.05, 0) is 42.5 Å². The largest absolute Gasteiger partial charge is 0.495 e. The molecule has 1 fully saturated rings. The summed E-state index contributed by atoms with van der Waals surface area (Å²) in [5.74, 6) is 0.353. The molecule has 4 rings (SSSR count). The van der Waals surface area contributed by atoms with Crippen LogP contribution in [0.15, 0.2) is 30.5 Å². The van der Waals surface area contributed by atoms with E-state index in [1.54, 1.807) is 6.07 Å². The molecule has 2 aromatic heterocycles. The number of hydrogen-bond acceptors (Lipinski definition) is 3. The van der Waals surface area contributed by atoms with Gasteiger partial charge in [0.15, 0.2) is 0 Å². The van der Waals surface area contributed by atoms with E-state index in [-0.39, 0.29) is 17.0 Å². The highest BCUT2D eigenvalue weighted by Crippen LogP contribution is 2.47. The second-order valence-electron chi connectivity index (χ2n) is 6.26. The number of ether oxygens (including phenoxy) is 1. The lowest BCUT2D eigenvalue weighted by Gasteiger charge is -2.13. The minimum absolute atomic E-state index is 0.0763. The number of methoxy groups -OCH3 is 1. The maximum Gasteiger partial charge on any atom is 0.418 e. The molecule has 1 aliphatic rings. The van der Waals surface area contributed by atoms with Gasteiger partial charge < -0.3 is 15.0 Å². The molecule has 1 aliphatic carbocycles. The summed E-state index contributed by atoms with van der Waals surface area (Å²) in [6, 6.07) is 5.58. The summed E-state index contributed by atoms with van der Waals surface area (Å²) in [6.07, 6.45) is -1.84. The Kier molecular flexibility index (Phi) is 3.78.